The second-order valence-electron chi connectivity index (χ2n) is 7.96. The fourth-order valence-corrected chi connectivity index (χ4v) is 3.31. The van der Waals surface area contributed by atoms with Crippen LogP contribution in [-0.2, 0) is 6.42 Å². The maximum atomic E-state index is 12.7. The number of anilines is 4. The van der Waals surface area contributed by atoms with Crippen molar-refractivity contribution in [3.8, 4) is 0 Å². The van der Waals surface area contributed by atoms with E-state index in [9.17, 15) is 4.79 Å². The molecular formula is C23H32N8O2. The highest BCUT2D eigenvalue weighted by Gasteiger charge is 2.16. The third-order valence-electron chi connectivity index (χ3n) is 5.18. The highest BCUT2D eigenvalue weighted by Crippen LogP contribution is 2.23. The van der Waals surface area contributed by atoms with Crippen LogP contribution in [0, 0.1) is 20.8 Å². The molecule has 2 aromatic heterocycles. The molecule has 1 aromatic carbocycles. The minimum absolute atomic E-state index is 0.0857. The number of likely N-dealkylation sites (N-methyl/N-ethyl adjacent to an activating group) is 1. The molecule has 0 bridgehead atoms. The molecular weight excluding hydrogens is 420 g/mol. The van der Waals surface area contributed by atoms with E-state index in [1.54, 1.807) is 0 Å². The van der Waals surface area contributed by atoms with E-state index in [0.29, 0.717) is 30.7 Å². The Balaban J connectivity index is 1.69. The van der Waals surface area contributed by atoms with E-state index in [0.717, 1.165) is 35.5 Å². The van der Waals surface area contributed by atoms with Crippen LogP contribution in [0.4, 0.5) is 23.6 Å². The molecule has 2 heterocycles. The van der Waals surface area contributed by atoms with Crippen LogP contribution in [-0.4, -0.2) is 57.4 Å². The monoisotopic (exact) mass is 452 g/mol. The SMILES string of the molecule is CCc1nc(NCCN(C)CC)nc(Nc2ncc(C(=O)Nc3c(C)cc(C)cc3C)o2)n1. The van der Waals surface area contributed by atoms with E-state index in [1.807, 2.05) is 39.8 Å². The molecule has 1 amide bonds. The molecule has 0 saturated heterocycles. The van der Waals surface area contributed by atoms with Gasteiger partial charge in [0.2, 0.25) is 17.7 Å². The summed E-state index contributed by atoms with van der Waals surface area (Å²) in [5.74, 6) is 1.12. The molecule has 0 radical (unpaired) electrons. The number of benzene rings is 1. The summed E-state index contributed by atoms with van der Waals surface area (Å²) in [7, 11) is 2.05. The molecule has 0 unspecified atom stereocenters. The first-order chi connectivity index (χ1) is 15.8. The minimum Gasteiger partial charge on any atom is -0.418 e. The van der Waals surface area contributed by atoms with E-state index < -0.39 is 0 Å². The lowest BCUT2D eigenvalue weighted by molar-refractivity contribution is 0.0997. The first kappa shape index (κ1) is 24.1. The predicted octanol–water partition coefficient (Wildman–Crippen LogP) is 3.71. The van der Waals surface area contributed by atoms with Gasteiger partial charge in [0.1, 0.15) is 5.82 Å². The third kappa shape index (κ3) is 6.48. The van der Waals surface area contributed by atoms with Crippen molar-refractivity contribution in [1.82, 2.24) is 24.8 Å². The van der Waals surface area contributed by atoms with Crippen molar-refractivity contribution in [3.05, 3.63) is 46.6 Å². The highest BCUT2D eigenvalue weighted by atomic mass is 16.4. The number of nitrogens with one attached hydrogen (secondary N) is 3. The molecule has 3 N–H and O–H groups in total. The Labute approximate surface area is 194 Å². The van der Waals surface area contributed by atoms with E-state index in [4.69, 9.17) is 4.42 Å². The average molecular weight is 453 g/mol. The summed E-state index contributed by atoms with van der Waals surface area (Å²) in [5, 5.41) is 9.05. The van der Waals surface area contributed by atoms with Gasteiger partial charge in [-0.15, -0.1) is 0 Å². The Morgan fingerprint density at radius 1 is 1.06 bits per heavy atom. The van der Waals surface area contributed by atoms with Gasteiger partial charge in [0.25, 0.3) is 5.91 Å². The fourth-order valence-electron chi connectivity index (χ4n) is 3.31. The lowest BCUT2D eigenvalue weighted by atomic mass is 10.1. The van der Waals surface area contributed by atoms with Gasteiger partial charge >= 0.3 is 6.01 Å². The van der Waals surface area contributed by atoms with Crippen molar-refractivity contribution in [2.24, 2.45) is 0 Å². The second-order valence-corrected chi connectivity index (χ2v) is 7.96. The summed E-state index contributed by atoms with van der Waals surface area (Å²) in [6, 6.07) is 4.17. The Kier molecular flexibility index (Phi) is 7.94. The summed E-state index contributed by atoms with van der Waals surface area (Å²) >= 11 is 0. The topological polar surface area (TPSA) is 121 Å². The Bertz CT molecular complexity index is 1090. The number of hydrogen-bond donors (Lipinski definition) is 3. The average Bonchev–Trinajstić information content (AvgIpc) is 3.24. The van der Waals surface area contributed by atoms with Gasteiger partial charge in [0.15, 0.2) is 0 Å². The zero-order valence-electron chi connectivity index (χ0n) is 20.1. The van der Waals surface area contributed by atoms with Crippen molar-refractivity contribution < 1.29 is 9.21 Å². The Hall–Kier alpha value is -3.53. The maximum absolute atomic E-state index is 12.7. The van der Waals surface area contributed by atoms with Gasteiger partial charge in [-0.1, -0.05) is 31.5 Å². The zero-order chi connectivity index (χ0) is 24.0. The van der Waals surface area contributed by atoms with Gasteiger partial charge in [0.05, 0.1) is 6.20 Å². The van der Waals surface area contributed by atoms with E-state index in [1.165, 1.54) is 6.20 Å². The molecule has 3 rings (SSSR count). The van der Waals surface area contributed by atoms with Crippen molar-refractivity contribution in [2.45, 2.75) is 41.0 Å². The quantitative estimate of drug-likeness (QED) is 0.423. The molecule has 0 aliphatic rings. The number of hydrogen-bond acceptors (Lipinski definition) is 9. The lowest BCUT2D eigenvalue weighted by Crippen LogP contribution is -2.25. The standard InChI is InChI=1S/C23H32N8O2/c1-7-18-26-21(24-9-10-31(6)8-2)29-22(27-18)30-23-25-13-17(33-23)20(32)28-19-15(4)11-14(3)12-16(19)5/h11-13H,7-10H2,1-6H3,(H,28,32)(H2,24,25,26,27,29,30). The molecule has 0 aliphatic carbocycles. The summed E-state index contributed by atoms with van der Waals surface area (Å²) < 4.78 is 5.60. The van der Waals surface area contributed by atoms with Gasteiger partial charge in [-0.2, -0.15) is 15.0 Å². The third-order valence-corrected chi connectivity index (χ3v) is 5.18. The molecule has 10 nitrogen and oxygen atoms in total. The van der Waals surface area contributed by atoms with Crippen molar-refractivity contribution in [1.29, 1.82) is 0 Å². The lowest BCUT2D eigenvalue weighted by Gasteiger charge is -2.14. The summed E-state index contributed by atoms with van der Waals surface area (Å²) in [5.41, 5.74) is 3.89. The van der Waals surface area contributed by atoms with Crippen LogP contribution in [0.2, 0.25) is 0 Å². The van der Waals surface area contributed by atoms with Crippen molar-refractivity contribution in [2.75, 3.05) is 42.6 Å². The molecule has 10 heteroatoms. The van der Waals surface area contributed by atoms with Crippen LogP contribution in [0.5, 0.6) is 0 Å². The summed E-state index contributed by atoms with van der Waals surface area (Å²) in [6.07, 6.45) is 2.02. The smallest absolute Gasteiger partial charge is 0.302 e. The molecule has 33 heavy (non-hydrogen) atoms. The number of carbonyl (C=O) groups is 1. The Morgan fingerprint density at radius 2 is 1.76 bits per heavy atom. The van der Waals surface area contributed by atoms with Crippen LogP contribution in [0.1, 0.15) is 46.9 Å². The molecule has 176 valence electrons. The van der Waals surface area contributed by atoms with Crippen LogP contribution in [0.15, 0.2) is 22.7 Å². The van der Waals surface area contributed by atoms with Crippen molar-refractivity contribution in [3.63, 3.8) is 0 Å². The van der Waals surface area contributed by atoms with Crippen LogP contribution >= 0.6 is 0 Å². The first-order valence-electron chi connectivity index (χ1n) is 11.1. The van der Waals surface area contributed by atoms with Crippen LogP contribution in [0.25, 0.3) is 0 Å². The van der Waals surface area contributed by atoms with Gasteiger partial charge in [-0.05, 0) is 45.5 Å². The number of aryl methyl sites for hydroxylation is 4. The fraction of sp³-hybridized carbons (Fsp3) is 0.435. The molecule has 3 aromatic rings. The normalized spacial score (nSPS) is 11.0. The van der Waals surface area contributed by atoms with E-state index >= 15 is 0 Å². The van der Waals surface area contributed by atoms with E-state index in [-0.39, 0.29) is 17.7 Å². The predicted molar refractivity (Wildman–Crippen MR) is 129 cm³/mol. The highest BCUT2D eigenvalue weighted by molar-refractivity contribution is 6.03. The molecule has 0 spiro atoms. The molecule has 0 atom stereocenters. The summed E-state index contributed by atoms with van der Waals surface area (Å²) in [4.78, 5) is 32.2. The number of nitrogens with zero attached hydrogens (tertiary/aromatic N) is 5. The van der Waals surface area contributed by atoms with Gasteiger partial charge in [0, 0.05) is 25.2 Å². The van der Waals surface area contributed by atoms with Crippen LogP contribution < -0.4 is 16.0 Å². The van der Waals surface area contributed by atoms with Gasteiger partial charge in [-0.25, -0.2) is 4.98 Å². The number of carbonyl (C=O) groups excluding carboxylic acids is 1. The molecule has 0 fully saturated rings. The van der Waals surface area contributed by atoms with Gasteiger partial charge in [-0.3, -0.25) is 10.1 Å². The second kappa shape index (κ2) is 10.9. The molecule has 0 aliphatic heterocycles. The van der Waals surface area contributed by atoms with Gasteiger partial charge < -0.3 is 20.0 Å². The number of amides is 1. The Morgan fingerprint density at radius 3 is 2.42 bits per heavy atom. The number of rotatable bonds is 10. The first-order valence-corrected chi connectivity index (χ1v) is 11.1. The molecule has 0 saturated carbocycles. The number of oxazole rings is 1. The largest absolute Gasteiger partial charge is 0.418 e. The maximum Gasteiger partial charge on any atom is 0.302 e. The summed E-state index contributed by atoms with van der Waals surface area (Å²) in [6.45, 7) is 12.6. The van der Waals surface area contributed by atoms with Crippen LogP contribution in [0.3, 0.4) is 0 Å². The van der Waals surface area contributed by atoms with E-state index in [2.05, 4.69) is 54.8 Å². The minimum atomic E-state index is -0.377. The number of aromatic nitrogens is 4. The van der Waals surface area contributed by atoms with Crippen molar-refractivity contribution >= 4 is 29.5 Å². The zero-order valence-corrected chi connectivity index (χ0v) is 20.1.